The summed E-state index contributed by atoms with van der Waals surface area (Å²) in [6, 6.07) is 0. The van der Waals surface area contributed by atoms with Crippen molar-refractivity contribution in [2.75, 3.05) is 19.0 Å². The lowest BCUT2D eigenvalue weighted by atomic mass is 10.00. The van der Waals surface area contributed by atoms with Crippen molar-refractivity contribution in [2.24, 2.45) is 0 Å². The molecule has 1 aliphatic rings. The summed E-state index contributed by atoms with van der Waals surface area (Å²) in [7, 11) is -4.60. The molecule has 0 aromatic heterocycles. The largest absolute Gasteiger partial charge is 0.462 e. The van der Waals surface area contributed by atoms with Gasteiger partial charge in [0.05, 0.1) is 6.61 Å². The van der Waals surface area contributed by atoms with E-state index in [0.29, 0.717) is 12.8 Å². The van der Waals surface area contributed by atoms with E-state index in [4.69, 9.17) is 18.9 Å². The van der Waals surface area contributed by atoms with E-state index >= 15 is 0 Å². The first kappa shape index (κ1) is 49.1. The molecular formula is C40H72O12S. The van der Waals surface area contributed by atoms with Crippen molar-refractivity contribution in [1.29, 1.82) is 0 Å². The molecule has 0 bridgehead atoms. The number of carbonyl (C=O) groups is 2. The minimum Gasteiger partial charge on any atom is -0.462 e. The molecule has 4 N–H and O–H groups in total. The summed E-state index contributed by atoms with van der Waals surface area (Å²) in [4.78, 5) is 25.2. The van der Waals surface area contributed by atoms with E-state index in [0.717, 1.165) is 57.8 Å². The number of hydrogen-bond acceptors (Lipinski definition) is 11. The monoisotopic (exact) mass is 776 g/mol. The molecule has 6 atom stereocenters. The lowest BCUT2D eigenvalue weighted by Crippen LogP contribution is -2.60. The zero-order valence-electron chi connectivity index (χ0n) is 32.6. The topological polar surface area (TPSA) is 186 Å². The average Bonchev–Trinajstić information content (AvgIpc) is 3.12. The van der Waals surface area contributed by atoms with Gasteiger partial charge in [-0.1, -0.05) is 134 Å². The fourth-order valence-electron chi connectivity index (χ4n) is 6.08. The molecule has 1 aliphatic heterocycles. The predicted octanol–water partition coefficient (Wildman–Crippen LogP) is 7.28. The lowest BCUT2D eigenvalue weighted by molar-refractivity contribution is -0.297. The van der Waals surface area contributed by atoms with Gasteiger partial charge in [0.2, 0.25) is 0 Å². The number of carbonyl (C=O) groups excluding carboxylic acids is 2. The third kappa shape index (κ3) is 26.6. The van der Waals surface area contributed by atoms with Crippen LogP contribution in [0.4, 0.5) is 0 Å². The minimum atomic E-state index is -4.60. The molecule has 2 unspecified atom stereocenters. The normalized spacial score (nSPS) is 21.4. The molecule has 1 heterocycles. The Morgan fingerprint density at radius 3 is 1.64 bits per heavy atom. The Balaban J connectivity index is 2.50. The van der Waals surface area contributed by atoms with Crippen molar-refractivity contribution in [2.45, 2.75) is 198 Å². The molecule has 0 amide bonds. The van der Waals surface area contributed by atoms with Crippen LogP contribution in [-0.4, -0.2) is 96.0 Å². The smallest absolute Gasteiger partial charge is 0.306 e. The first-order valence-electron chi connectivity index (χ1n) is 20.4. The molecule has 1 saturated heterocycles. The predicted molar refractivity (Wildman–Crippen MR) is 206 cm³/mol. The van der Waals surface area contributed by atoms with Crippen molar-refractivity contribution in [3.63, 3.8) is 0 Å². The van der Waals surface area contributed by atoms with Gasteiger partial charge in [0.15, 0.2) is 12.4 Å². The van der Waals surface area contributed by atoms with E-state index in [1.54, 1.807) is 0 Å². The summed E-state index contributed by atoms with van der Waals surface area (Å²) >= 11 is 0. The van der Waals surface area contributed by atoms with Gasteiger partial charge in [-0.25, -0.2) is 0 Å². The highest BCUT2D eigenvalue weighted by molar-refractivity contribution is 7.85. The molecule has 12 nitrogen and oxygen atoms in total. The molecule has 0 saturated carbocycles. The van der Waals surface area contributed by atoms with Crippen LogP contribution in [0, 0.1) is 0 Å². The van der Waals surface area contributed by atoms with E-state index in [-0.39, 0.29) is 19.4 Å². The van der Waals surface area contributed by atoms with Crippen LogP contribution in [0.15, 0.2) is 24.3 Å². The second-order valence-electron chi connectivity index (χ2n) is 14.3. The third-order valence-electron chi connectivity index (χ3n) is 9.31. The highest BCUT2D eigenvalue weighted by atomic mass is 32.2. The van der Waals surface area contributed by atoms with Crippen molar-refractivity contribution in [3.8, 4) is 0 Å². The van der Waals surface area contributed by atoms with E-state index in [2.05, 4.69) is 38.2 Å². The highest BCUT2D eigenvalue weighted by Gasteiger charge is 2.46. The number of unbranched alkanes of at least 4 members (excludes halogenated alkanes) is 18. The van der Waals surface area contributed by atoms with Gasteiger partial charge >= 0.3 is 11.9 Å². The Morgan fingerprint density at radius 1 is 0.642 bits per heavy atom. The van der Waals surface area contributed by atoms with Crippen LogP contribution in [0.2, 0.25) is 0 Å². The first-order valence-corrected chi connectivity index (χ1v) is 22.0. The molecule has 0 aromatic carbocycles. The molecule has 310 valence electrons. The van der Waals surface area contributed by atoms with Gasteiger partial charge in [0.25, 0.3) is 10.1 Å². The van der Waals surface area contributed by atoms with Gasteiger partial charge in [-0.2, -0.15) is 8.42 Å². The van der Waals surface area contributed by atoms with Gasteiger partial charge in [-0.15, -0.1) is 0 Å². The SMILES string of the molecule is CCCCCC/C=C/C=C/CCCCCCCC(=O)OC[C@H](CO[C@H]1O[C@H](CS(=O)(=O)O)[C@@H](O)C(O)C1O)OC(=O)CCCCCCCCCCCC. The van der Waals surface area contributed by atoms with Crippen LogP contribution in [0.1, 0.15) is 162 Å². The van der Waals surface area contributed by atoms with Gasteiger partial charge in [0.1, 0.15) is 36.8 Å². The number of ether oxygens (including phenoxy) is 4. The van der Waals surface area contributed by atoms with Crippen LogP contribution in [0.5, 0.6) is 0 Å². The molecular weight excluding hydrogens is 704 g/mol. The maximum atomic E-state index is 12.7. The second-order valence-corrected chi connectivity index (χ2v) is 15.8. The number of hydrogen-bond donors (Lipinski definition) is 4. The van der Waals surface area contributed by atoms with Gasteiger partial charge < -0.3 is 34.3 Å². The fraction of sp³-hybridized carbons (Fsp3) is 0.850. The van der Waals surface area contributed by atoms with Gasteiger partial charge in [-0.05, 0) is 38.5 Å². The molecule has 1 fully saturated rings. The van der Waals surface area contributed by atoms with Crippen molar-refractivity contribution in [1.82, 2.24) is 0 Å². The molecule has 0 spiro atoms. The summed E-state index contributed by atoms with van der Waals surface area (Å²) in [5.74, 6) is -2.00. The Hall–Kier alpha value is -1.87. The van der Waals surface area contributed by atoms with Crippen LogP contribution in [0.25, 0.3) is 0 Å². The van der Waals surface area contributed by atoms with E-state index in [1.165, 1.54) is 64.2 Å². The minimum absolute atomic E-state index is 0.163. The Morgan fingerprint density at radius 2 is 1.11 bits per heavy atom. The van der Waals surface area contributed by atoms with Crippen LogP contribution < -0.4 is 0 Å². The quantitative estimate of drug-likeness (QED) is 0.0226. The maximum absolute atomic E-state index is 12.7. The molecule has 13 heteroatoms. The number of rotatable bonds is 33. The van der Waals surface area contributed by atoms with Gasteiger partial charge in [0, 0.05) is 12.8 Å². The zero-order chi connectivity index (χ0) is 39.2. The van der Waals surface area contributed by atoms with Gasteiger partial charge in [-0.3, -0.25) is 14.1 Å². The van der Waals surface area contributed by atoms with E-state index < -0.39 is 71.2 Å². The van der Waals surface area contributed by atoms with E-state index in [1.807, 2.05) is 0 Å². The Kier molecular flexibility index (Phi) is 29.1. The average molecular weight is 777 g/mol. The van der Waals surface area contributed by atoms with Crippen LogP contribution >= 0.6 is 0 Å². The highest BCUT2D eigenvalue weighted by Crippen LogP contribution is 2.24. The lowest BCUT2D eigenvalue weighted by Gasteiger charge is -2.40. The molecule has 0 aliphatic carbocycles. The molecule has 0 radical (unpaired) electrons. The molecule has 1 rings (SSSR count). The van der Waals surface area contributed by atoms with Crippen molar-refractivity contribution >= 4 is 22.1 Å². The number of aliphatic hydroxyl groups is 3. The fourth-order valence-corrected chi connectivity index (χ4v) is 6.77. The zero-order valence-corrected chi connectivity index (χ0v) is 33.4. The van der Waals surface area contributed by atoms with Crippen LogP contribution in [0.3, 0.4) is 0 Å². The number of allylic oxidation sites excluding steroid dienone is 4. The first-order chi connectivity index (χ1) is 25.5. The molecule has 53 heavy (non-hydrogen) atoms. The second kappa shape index (κ2) is 31.3. The number of aliphatic hydroxyl groups excluding tert-OH is 3. The van der Waals surface area contributed by atoms with Crippen LogP contribution in [-0.2, 0) is 38.7 Å². The summed E-state index contributed by atoms with van der Waals surface area (Å²) in [6.07, 6.45) is 22.4. The Bertz CT molecular complexity index is 1100. The van der Waals surface area contributed by atoms with Crippen molar-refractivity contribution in [3.05, 3.63) is 24.3 Å². The van der Waals surface area contributed by atoms with E-state index in [9.17, 15) is 37.9 Å². The standard InChI is InChI=1S/C40H72O12S/c1-3-5-7-9-11-13-15-16-17-18-19-21-22-24-26-28-35(41)49-30-33(51-36(42)29-27-25-23-20-14-12-10-8-6-4-2)31-50-40-39(45)38(44)37(43)34(52-40)32-53(46,47)48/h13,15-17,33-34,37-40,43-45H,3-12,14,18-32H2,1-2H3,(H,46,47,48)/b15-13+,17-16+/t33-,34-,37-,38?,39?,40+/m1/s1. The Labute approximate surface area is 319 Å². The number of esters is 2. The maximum Gasteiger partial charge on any atom is 0.306 e. The summed E-state index contributed by atoms with van der Waals surface area (Å²) < 4.78 is 53.8. The molecule has 0 aromatic rings. The summed E-state index contributed by atoms with van der Waals surface area (Å²) in [6.45, 7) is 3.69. The van der Waals surface area contributed by atoms with Crippen molar-refractivity contribution < 1.29 is 56.8 Å². The third-order valence-corrected chi connectivity index (χ3v) is 10.1. The summed E-state index contributed by atoms with van der Waals surface area (Å²) in [5, 5.41) is 30.7. The summed E-state index contributed by atoms with van der Waals surface area (Å²) in [5.41, 5.74) is 0.